The zero-order valence-corrected chi connectivity index (χ0v) is 16.2. The first-order chi connectivity index (χ1) is 12.6. The molecule has 1 amide bonds. The van der Waals surface area contributed by atoms with Crippen molar-refractivity contribution < 1.29 is 14.3 Å². The first kappa shape index (κ1) is 21.8. The van der Waals surface area contributed by atoms with E-state index in [0.29, 0.717) is 6.61 Å². The Morgan fingerprint density at radius 2 is 1.73 bits per heavy atom. The van der Waals surface area contributed by atoms with Gasteiger partial charge in [0.15, 0.2) is 0 Å². The number of amides is 1. The van der Waals surface area contributed by atoms with Gasteiger partial charge in [0.25, 0.3) is 0 Å². The molecule has 5 nitrogen and oxygen atoms in total. The van der Waals surface area contributed by atoms with Gasteiger partial charge in [-0.05, 0) is 50.7 Å². The summed E-state index contributed by atoms with van der Waals surface area (Å²) in [6, 6.07) is 7.44. The number of anilines is 1. The fraction of sp³-hybridized carbons (Fsp3) is 0.476. The van der Waals surface area contributed by atoms with Crippen LogP contribution in [0.2, 0.25) is 0 Å². The van der Waals surface area contributed by atoms with Gasteiger partial charge in [-0.15, -0.1) is 6.58 Å². The first-order valence-electron chi connectivity index (χ1n) is 9.12. The molecule has 0 spiro atoms. The number of carbonyl (C=O) groups is 1. The second-order valence-corrected chi connectivity index (χ2v) is 6.23. The second-order valence-electron chi connectivity index (χ2n) is 6.23. The normalized spacial score (nSPS) is 10.4. The molecule has 0 saturated heterocycles. The zero-order valence-electron chi connectivity index (χ0n) is 16.2. The van der Waals surface area contributed by atoms with Crippen LogP contribution in [0, 0.1) is 0 Å². The Kier molecular flexibility index (Phi) is 10.9. The van der Waals surface area contributed by atoms with Crippen LogP contribution < -0.4 is 9.64 Å². The van der Waals surface area contributed by atoms with E-state index in [1.807, 2.05) is 30.3 Å². The second kappa shape index (κ2) is 13.0. The smallest absolute Gasteiger partial charge is 0.414 e. The summed E-state index contributed by atoms with van der Waals surface area (Å²) in [4.78, 5) is 15.5. The summed E-state index contributed by atoms with van der Waals surface area (Å²) in [6.07, 6.45) is 7.69. The van der Waals surface area contributed by atoms with E-state index < -0.39 is 6.09 Å². The molecule has 0 unspecified atom stereocenters. The lowest BCUT2D eigenvalue weighted by molar-refractivity contribution is 0.167. The molecule has 144 valence electrons. The molecule has 0 fully saturated rings. The summed E-state index contributed by atoms with van der Waals surface area (Å²) in [5.74, 6) is 0.812. The highest BCUT2D eigenvalue weighted by Gasteiger charge is 2.11. The minimum Gasteiger partial charge on any atom is -0.494 e. The van der Waals surface area contributed by atoms with Crippen molar-refractivity contribution in [3.63, 3.8) is 0 Å². The van der Waals surface area contributed by atoms with Crippen molar-refractivity contribution in [2.24, 2.45) is 0 Å². The Bertz CT molecular complexity index is 543. The van der Waals surface area contributed by atoms with Gasteiger partial charge in [0.05, 0.1) is 6.61 Å². The molecule has 5 heteroatoms. The minimum absolute atomic E-state index is 0.203. The van der Waals surface area contributed by atoms with Crippen molar-refractivity contribution in [1.29, 1.82) is 0 Å². The summed E-state index contributed by atoms with van der Waals surface area (Å²) < 4.78 is 10.8. The van der Waals surface area contributed by atoms with E-state index in [1.165, 1.54) is 17.7 Å². The third-order valence-electron chi connectivity index (χ3n) is 3.97. The molecule has 1 rings (SSSR count). The van der Waals surface area contributed by atoms with Crippen molar-refractivity contribution in [2.75, 3.05) is 45.3 Å². The number of benzene rings is 1. The Morgan fingerprint density at radius 1 is 1.04 bits per heavy atom. The highest BCUT2D eigenvalue weighted by atomic mass is 16.6. The highest BCUT2D eigenvalue weighted by Crippen LogP contribution is 2.19. The molecule has 0 radical (unpaired) electrons. The van der Waals surface area contributed by atoms with E-state index in [9.17, 15) is 4.79 Å². The van der Waals surface area contributed by atoms with E-state index in [-0.39, 0.29) is 6.61 Å². The predicted molar refractivity (Wildman–Crippen MR) is 108 cm³/mol. The van der Waals surface area contributed by atoms with Crippen LogP contribution in [0.3, 0.4) is 0 Å². The average molecular weight is 360 g/mol. The van der Waals surface area contributed by atoms with Gasteiger partial charge in [0, 0.05) is 19.3 Å². The standard InChI is InChI=1S/C21H32N2O3/c1-5-15-22(3)16-9-7-8-10-18-25-20-13-11-19(12-14-20)23(4)21(24)26-17-6-2/h5-6,11-14H,1-2,7-10,15-18H2,3-4H3. The van der Waals surface area contributed by atoms with Crippen LogP contribution in [-0.2, 0) is 4.74 Å². The largest absolute Gasteiger partial charge is 0.494 e. The van der Waals surface area contributed by atoms with Gasteiger partial charge in [-0.2, -0.15) is 0 Å². The van der Waals surface area contributed by atoms with Crippen LogP contribution in [0.15, 0.2) is 49.6 Å². The first-order valence-corrected chi connectivity index (χ1v) is 9.12. The molecular formula is C21H32N2O3. The molecule has 1 aromatic carbocycles. The molecule has 0 N–H and O–H groups in total. The Morgan fingerprint density at radius 3 is 2.38 bits per heavy atom. The van der Waals surface area contributed by atoms with E-state index in [0.717, 1.165) is 37.4 Å². The van der Waals surface area contributed by atoms with Crippen molar-refractivity contribution >= 4 is 11.8 Å². The van der Waals surface area contributed by atoms with Crippen molar-refractivity contribution in [2.45, 2.75) is 25.7 Å². The molecule has 1 aromatic rings. The van der Waals surface area contributed by atoms with E-state index in [1.54, 1.807) is 13.1 Å². The SMILES string of the molecule is C=CCOC(=O)N(C)c1ccc(OCCCCCCN(C)CC=C)cc1. The summed E-state index contributed by atoms with van der Waals surface area (Å²) in [5.41, 5.74) is 0.759. The lowest BCUT2D eigenvalue weighted by Crippen LogP contribution is -2.26. The van der Waals surface area contributed by atoms with Gasteiger partial charge in [0.1, 0.15) is 12.4 Å². The Hall–Kier alpha value is -2.27. The van der Waals surface area contributed by atoms with Crippen LogP contribution in [0.1, 0.15) is 25.7 Å². The predicted octanol–water partition coefficient (Wildman–Crippen LogP) is 4.50. The van der Waals surface area contributed by atoms with E-state index in [2.05, 4.69) is 25.1 Å². The van der Waals surface area contributed by atoms with Gasteiger partial charge in [-0.25, -0.2) is 4.79 Å². The van der Waals surface area contributed by atoms with Crippen LogP contribution in [-0.4, -0.2) is 51.4 Å². The summed E-state index contributed by atoms with van der Waals surface area (Å²) in [7, 11) is 3.79. The molecule has 26 heavy (non-hydrogen) atoms. The average Bonchev–Trinajstić information content (AvgIpc) is 2.65. The van der Waals surface area contributed by atoms with Crippen LogP contribution in [0.5, 0.6) is 5.75 Å². The molecule has 0 bridgehead atoms. The Labute approximate surface area is 157 Å². The van der Waals surface area contributed by atoms with Crippen LogP contribution in [0.4, 0.5) is 10.5 Å². The van der Waals surface area contributed by atoms with Crippen LogP contribution in [0.25, 0.3) is 0 Å². The Balaban J connectivity index is 2.21. The number of hydrogen-bond donors (Lipinski definition) is 0. The van der Waals surface area contributed by atoms with Crippen molar-refractivity contribution in [1.82, 2.24) is 4.90 Å². The maximum atomic E-state index is 11.8. The topological polar surface area (TPSA) is 42.0 Å². The van der Waals surface area contributed by atoms with Gasteiger partial charge in [-0.3, -0.25) is 4.90 Å². The quantitative estimate of drug-likeness (QED) is 0.384. The van der Waals surface area contributed by atoms with E-state index >= 15 is 0 Å². The molecule has 0 saturated carbocycles. The number of hydrogen-bond acceptors (Lipinski definition) is 4. The van der Waals surface area contributed by atoms with Gasteiger partial charge < -0.3 is 14.4 Å². The van der Waals surface area contributed by atoms with Gasteiger partial charge in [0.2, 0.25) is 0 Å². The lowest BCUT2D eigenvalue weighted by Gasteiger charge is -2.17. The monoisotopic (exact) mass is 360 g/mol. The van der Waals surface area contributed by atoms with E-state index in [4.69, 9.17) is 9.47 Å². The molecule has 0 aliphatic rings. The third-order valence-corrected chi connectivity index (χ3v) is 3.97. The molecule has 0 aliphatic heterocycles. The molecule has 0 atom stereocenters. The molecule has 0 aliphatic carbocycles. The maximum absolute atomic E-state index is 11.8. The molecule has 0 aromatic heterocycles. The van der Waals surface area contributed by atoms with Crippen molar-refractivity contribution in [3.8, 4) is 5.75 Å². The minimum atomic E-state index is -0.405. The third kappa shape index (κ3) is 8.72. The molecular weight excluding hydrogens is 328 g/mol. The summed E-state index contributed by atoms with van der Waals surface area (Å²) in [5, 5.41) is 0. The van der Waals surface area contributed by atoms with Gasteiger partial charge in [-0.1, -0.05) is 31.6 Å². The van der Waals surface area contributed by atoms with Gasteiger partial charge >= 0.3 is 6.09 Å². The number of likely N-dealkylation sites (N-methyl/N-ethyl adjacent to an activating group) is 1. The number of nitrogens with zero attached hydrogens (tertiary/aromatic N) is 2. The number of ether oxygens (including phenoxy) is 2. The summed E-state index contributed by atoms with van der Waals surface area (Å²) >= 11 is 0. The zero-order chi connectivity index (χ0) is 19.2. The summed E-state index contributed by atoms with van der Waals surface area (Å²) in [6.45, 7) is 10.2. The van der Waals surface area contributed by atoms with Crippen LogP contribution >= 0.6 is 0 Å². The highest BCUT2D eigenvalue weighted by molar-refractivity contribution is 5.87. The molecule has 0 heterocycles. The number of unbranched alkanes of at least 4 members (excludes halogenated alkanes) is 3. The maximum Gasteiger partial charge on any atom is 0.414 e. The number of rotatable bonds is 13. The fourth-order valence-corrected chi connectivity index (χ4v) is 2.44. The number of carbonyl (C=O) groups excluding carboxylic acids is 1. The van der Waals surface area contributed by atoms with Crippen molar-refractivity contribution in [3.05, 3.63) is 49.6 Å². The lowest BCUT2D eigenvalue weighted by atomic mass is 10.2. The fourth-order valence-electron chi connectivity index (χ4n) is 2.44.